The highest BCUT2D eigenvalue weighted by Crippen LogP contribution is 2.26. The summed E-state index contributed by atoms with van der Waals surface area (Å²) in [4.78, 5) is 28.2. The highest BCUT2D eigenvalue weighted by molar-refractivity contribution is 5.92. The molecule has 1 atom stereocenters. The standard InChI is InChI=1S/C18H18N4O5/c23-13-6-9-26-14-4-3-11(10-12(13)14)20-18(24)19-7-5-16-21-17(27-22-16)15-2-1-8-25-15/h3-4,6,9-10,15H,1-2,5,7-8H2,(H2,19,20,24)/t15-/m0/s1. The number of carbonyl (C=O) groups excluding carboxylic acids is 1. The number of benzene rings is 1. The number of nitrogens with one attached hydrogen (secondary N) is 2. The van der Waals surface area contributed by atoms with Crippen LogP contribution in [0, 0.1) is 0 Å². The zero-order valence-corrected chi connectivity index (χ0v) is 14.4. The molecule has 1 aromatic carbocycles. The van der Waals surface area contributed by atoms with E-state index < -0.39 is 6.03 Å². The lowest BCUT2D eigenvalue weighted by Gasteiger charge is -2.07. The number of hydrogen-bond acceptors (Lipinski definition) is 7. The van der Waals surface area contributed by atoms with Crippen LogP contribution >= 0.6 is 0 Å². The minimum Gasteiger partial charge on any atom is -0.464 e. The summed E-state index contributed by atoms with van der Waals surface area (Å²) < 4.78 is 15.9. The maximum Gasteiger partial charge on any atom is 0.319 e. The van der Waals surface area contributed by atoms with E-state index in [1.807, 2.05) is 0 Å². The molecule has 140 valence electrons. The van der Waals surface area contributed by atoms with E-state index in [0.29, 0.717) is 47.9 Å². The Morgan fingerprint density at radius 1 is 1.30 bits per heavy atom. The van der Waals surface area contributed by atoms with E-state index in [9.17, 15) is 9.59 Å². The van der Waals surface area contributed by atoms with Gasteiger partial charge >= 0.3 is 6.03 Å². The highest BCUT2D eigenvalue weighted by Gasteiger charge is 2.23. The number of amides is 2. The molecular formula is C18H18N4O5. The quantitative estimate of drug-likeness (QED) is 0.707. The maximum atomic E-state index is 12.0. The van der Waals surface area contributed by atoms with E-state index in [4.69, 9.17) is 13.7 Å². The Hall–Kier alpha value is -3.20. The molecule has 3 heterocycles. The van der Waals surface area contributed by atoms with Crippen LogP contribution < -0.4 is 16.1 Å². The zero-order valence-electron chi connectivity index (χ0n) is 14.4. The van der Waals surface area contributed by atoms with Crippen molar-refractivity contribution >= 4 is 22.7 Å². The lowest BCUT2D eigenvalue weighted by Crippen LogP contribution is -2.30. The van der Waals surface area contributed by atoms with Crippen LogP contribution in [0.4, 0.5) is 10.5 Å². The Balaban J connectivity index is 1.30. The predicted octanol–water partition coefficient (Wildman–Crippen LogP) is 2.39. The third kappa shape index (κ3) is 3.98. The summed E-state index contributed by atoms with van der Waals surface area (Å²) >= 11 is 0. The van der Waals surface area contributed by atoms with Gasteiger partial charge in [0, 0.05) is 31.3 Å². The molecule has 1 fully saturated rings. The summed E-state index contributed by atoms with van der Waals surface area (Å²) in [5.74, 6) is 1.01. The van der Waals surface area contributed by atoms with Crippen molar-refractivity contribution in [3.05, 3.63) is 52.5 Å². The predicted molar refractivity (Wildman–Crippen MR) is 95.4 cm³/mol. The third-order valence-electron chi connectivity index (χ3n) is 4.24. The van der Waals surface area contributed by atoms with E-state index in [1.54, 1.807) is 18.2 Å². The molecule has 2 N–H and O–H groups in total. The van der Waals surface area contributed by atoms with Crippen LogP contribution in [0.1, 0.15) is 30.7 Å². The topological polar surface area (TPSA) is 119 Å². The van der Waals surface area contributed by atoms with Crippen molar-refractivity contribution < 1.29 is 18.5 Å². The number of aromatic nitrogens is 2. The molecule has 1 saturated heterocycles. The van der Waals surface area contributed by atoms with Gasteiger partial charge in [-0.25, -0.2) is 4.79 Å². The highest BCUT2D eigenvalue weighted by atomic mass is 16.5. The second-order valence-electron chi connectivity index (χ2n) is 6.18. The second-order valence-corrected chi connectivity index (χ2v) is 6.18. The fourth-order valence-electron chi connectivity index (χ4n) is 2.90. The van der Waals surface area contributed by atoms with Crippen LogP contribution in [0.15, 0.2) is 44.3 Å². The average Bonchev–Trinajstić information content (AvgIpc) is 3.34. The molecule has 0 aliphatic carbocycles. The Bertz CT molecular complexity index is 1010. The van der Waals surface area contributed by atoms with E-state index in [2.05, 4.69) is 20.8 Å². The van der Waals surface area contributed by atoms with Gasteiger partial charge in [0.25, 0.3) is 5.89 Å². The van der Waals surface area contributed by atoms with Gasteiger partial charge in [-0.2, -0.15) is 4.98 Å². The van der Waals surface area contributed by atoms with E-state index in [1.165, 1.54) is 12.3 Å². The molecule has 9 heteroatoms. The van der Waals surface area contributed by atoms with Crippen LogP contribution in [0.5, 0.6) is 0 Å². The van der Waals surface area contributed by atoms with Crippen LogP contribution in [0.3, 0.4) is 0 Å². The molecule has 3 aromatic rings. The number of carbonyl (C=O) groups is 1. The molecule has 0 spiro atoms. The number of nitrogens with zero attached hydrogens (tertiary/aromatic N) is 2. The van der Waals surface area contributed by atoms with E-state index >= 15 is 0 Å². The SMILES string of the molecule is O=C(NCCc1noc([C@@H]2CCCO2)n1)Nc1ccc2occc(=O)c2c1. The molecule has 27 heavy (non-hydrogen) atoms. The molecule has 2 amide bonds. The van der Waals surface area contributed by atoms with Gasteiger partial charge in [0.1, 0.15) is 11.7 Å². The number of urea groups is 1. The Kier molecular flexibility index (Phi) is 4.84. The Morgan fingerprint density at radius 2 is 2.22 bits per heavy atom. The molecule has 0 unspecified atom stereocenters. The first-order valence-electron chi connectivity index (χ1n) is 8.69. The molecule has 2 aromatic heterocycles. The summed E-state index contributed by atoms with van der Waals surface area (Å²) in [6, 6.07) is 5.82. The van der Waals surface area contributed by atoms with Crippen LogP contribution in [-0.4, -0.2) is 29.3 Å². The molecule has 1 aliphatic heterocycles. The summed E-state index contributed by atoms with van der Waals surface area (Å²) in [6.45, 7) is 1.05. The molecule has 0 bridgehead atoms. The lowest BCUT2D eigenvalue weighted by atomic mass is 10.2. The van der Waals surface area contributed by atoms with Crippen molar-refractivity contribution in [3.63, 3.8) is 0 Å². The molecule has 9 nitrogen and oxygen atoms in total. The lowest BCUT2D eigenvalue weighted by molar-refractivity contribution is 0.0835. The van der Waals surface area contributed by atoms with Gasteiger partial charge < -0.3 is 24.3 Å². The first-order valence-corrected chi connectivity index (χ1v) is 8.69. The Morgan fingerprint density at radius 3 is 3.07 bits per heavy atom. The monoisotopic (exact) mass is 370 g/mol. The van der Waals surface area contributed by atoms with Crippen LogP contribution in [-0.2, 0) is 11.2 Å². The summed E-state index contributed by atoms with van der Waals surface area (Å²) in [5, 5.41) is 9.71. The molecule has 0 radical (unpaired) electrons. The van der Waals surface area contributed by atoms with Crippen LogP contribution in [0.2, 0.25) is 0 Å². The van der Waals surface area contributed by atoms with Gasteiger partial charge in [-0.05, 0) is 31.0 Å². The smallest absolute Gasteiger partial charge is 0.319 e. The van der Waals surface area contributed by atoms with Gasteiger partial charge in [0.05, 0.1) is 11.6 Å². The number of hydrogen-bond donors (Lipinski definition) is 2. The van der Waals surface area contributed by atoms with Crippen molar-refractivity contribution in [1.82, 2.24) is 15.5 Å². The largest absolute Gasteiger partial charge is 0.464 e. The number of anilines is 1. The zero-order chi connectivity index (χ0) is 18.6. The van der Waals surface area contributed by atoms with Crippen molar-refractivity contribution in [2.45, 2.75) is 25.4 Å². The third-order valence-corrected chi connectivity index (χ3v) is 4.24. The maximum absolute atomic E-state index is 12.0. The first-order chi connectivity index (χ1) is 13.2. The van der Waals surface area contributed by atoms with Gasteiger partial charge in [-0.1, -0.05) is 5.16 Å². The van der Waals surface area contributed by atoms with E-state index in [-0.39, 0.29) is 11.5 Å². The molecule has 0 saturated carbocycles. The average molecular weight is 370 g/mol. The minimum absolute atomic E-state index is 0.118. The van der Waals surface area contributed by atoms with Gasteiger partial charge in [-0.3, -0.25) is 4.79 Å². The summed E-state index contributed by atoms with van der Waals surface area (Å²) in [5.41, 5.74) is 0.797. The van der Waals surface area contributed by atoms with Crippen molar-refractivity contribution in [2.75, 3.05) is 18.5 Å². The minimum atomic E-state index is -0.391. The van der Waals surface area contributed by atoms with Crippen LogP contribution in [0.25, 0.3) is 11.0 Å². The van der Waals surface area contributed by atoms with Crippen molar-refractivity contribution in [3.8, 4) is 0 Å². The first kappa shape index (κ1) is 17.2. The molecular weight excluding hydrogens is 352 g/mol. The van der Waals surface area contributed by atoms with E-state index in [0.717, 1.165) is 12.8 Å². The van der Waals surface area contributed by atoms with Gasteiger partial charge in [0.2, 0.25) is 0 Å². The van der Waals surface area contributed by atoms with Crippen molar-refractivity contribution in [1.29, 1.82) is 0 Å². The summed E-state index contributed by atoms with van der Waals surface area (Å²) in [7, 11) is 0. The van der Waals surface area contributed by atoms with Gasteiger partial charge in [-0.15, -0.1) is 0 Å². The normalized spacial score (nSPS) is 16.5. The number of ether oxygens (including phenoxy) is 1. The second kappa shape index (κ2) is 7.58. The van der Waals surface area contributed by atoms with Gasteiger partial charge in [0.15, 0.2) is 11.3 Å². The summed E-state index contributed by atoms with van der Waals surface area (Å²) in [6.07, 6.45) is 3.53. The fraction of sp³-hybridized carbons (Fsp3) is 0.333. The Labute approximate surface area is 153 Å². The van der Waals surface area contributed by atoms with Crippen molar-refractivity contribution in [2.24, 2.45) is 0 Å². The molecule has 4 rings (SSSR count). The fourth-order valence-corrected chi connectivity index (χ4v) is 2.90. The molecule has 1 aliphatic rings. The number of fused-ring (bicyclic) bond motifs is 1. The number of rotatable bonds is 5.